The second-order valence-electron chi connectivity index (χ2n) is 8.38. The van der Waals surface area contributed by atoms with E-state index in [0.29, 0.717) is 5.92 Å². The smallest absolute Gasteiger partial charge is 0.433 e. The standard InChI is InChI=1S/C19H25F3N6O3S/c1-13-3-5-27(6-4-13)14-8-28(32(29,30)18-10-26(2)12-25-18)9-15(14)31-17-7-16(19(20,21)22)23-11-24-17/h7,10-15H,3-6,8-9H2,1-2H3/t14-,15-/m1/s1. The van der Waals surface area contributed by atoms with Crippen LogP contribution in [0.5, 0.6) is 5.88 Å². The molecule has 0 unspecified atom stereocenters. The van der Waals surface area contributed by atoms with Gasteiger partial charge in [0, 0.05) is 25.9 Å². The van der Waals surface area contributed by atoms with Crippen molar-refractivity contribution in [3.8, 4) is 5.88 Å². The van der Waals surface area contributed by atoms with Crippen LogP contribution in [0.15, 0.2) is 29.9 Å². The molecule has 4 heterocycles. The molecule has 176 valence electrons. The van der Waals surface area contributed by atoms with Crippen molar-refractivity contribution in [2.24, 2.45) is 13.0 Å². The highest BCUT2D eigenvalue weighted by Crippen LogP contribution is 2.31. The van der Waals surface area contributed by atoms with Crippen molar-refractivity contribution in [2.45, 2.75) is 43.1 Å². The molecule has 2 aromatic heterocycles. The molecule has 2 atom stereocenters. The normalized spacial score (nSPS) is 24.2. The lowest BCUT2D eigenvalue weighted by Gasteiger charge is -2.36. The summed E-state index contributed by atoms with van der Waals surface area (Å²) in [6.07, 6.45) is 0.226. The Bertz CT molecular complexity index is 1050. The summed E-state index contributed by atoms with van der Waals surface area (Å²) >= 11 is 0. The largest absolute Gasteiger partial charge is 0.471 e. The van der Waals surface area contributed by atoms with E-state index in [0.717, 1.165) is 38.3 Å². The Morgan fingerprint density at radius 3 is 2.47 bits per heavy atom. The monoisotopic (exact) mass is 474 g/mol. The van der Waals surface area contributed by atoms with E-state index in [9.17, 15) is 21.6 Å². The fourth-order valence-corrected chi connectivity index (χ4v) is 5.55. The van der Waals surface area contributed by atoms with Gasteiger partial charge in [0.25, 0.3) is 10.0 Å². The number of aromatic nitrogens is 4. The van der Waals surface area contributed by atoms with Crippen LogP contribution in [0, 0.1) is 5.92 Å². The Kier molecular flexibility index (Phi) is 6.16. The highest BCUT2D eigenvalue weighted by molar-refractivity contribution is 7.89. The van der Waals surface area contributed by atoms with Crippen LogP contribution in [0.25, 0.3) is 0 Å². The summed E-state index contributed by atoms with van der Waals surface area (Å²) in [5, 5.41) is -0.0759. The lowest BCUT2D eigenvalue weighted by molar-refractivity contribution is -0.141. The van der Waals surface area contributed by atoms with Crippen LogP contribution in [-0.2, 0) is 23.2 Å². The summed E-state index contributed by atoms with van der Waals surface area (Å²) < 4.78 is 74.0. The van der Waals surface area contributed by atoms with Gasteiger partial charge in [0.05, 0.1) is 18.9 Å². The maximum absolute atomic E-state index is 13.1. The number of rotatable bonds is 5. The van der Waals surface area contributed by atoms with E-state index < -0.39 is 28.0 Å². The molecule has 0 aliphatic carbocycles. The number of imidazole rings is 1. The molecule has 0 aromatic carbocycles. The number of sulfonamides is 1. The molecule has 2 aromatic rings. The zero-order chi connectivity index (χ0) is 23.1. The van der Waals surface area contributed by atoms with Crippen LogP contribution in [0.3, 0.4) is 0 Å². The van der Waals surface area contributed by atoms with E-state index >= 15 is 0 Å². The number of nitrogens with zero attached hydrogens (tertiary/aromatic N) is 6. The Morgan fingerprint density at radius 2 is 1.84 bits per heavy atom. The molecular weight excluding hydrogens is 449 g/mol. The molecule has 2 saturated heterocycles. The van der Waals surface area contributed by atoms with Crippen molar-refractivity contribution in [3.05, 3.63) is 30.6 Å². The lowest BCUT2D eigenvalue weighted by Crippen LogP contribution is -2.48. The summed E-state index contributed by atoms with van der Waals surface area (Å²) in [7, 11) is -2.20. The fourth-order valence-electron chi connectivity index (χ4n) is 4.11. The number of hydrogen-bond donors (Lipinski definition) is 0. The number of ether oxygens (including phenoxy) is 1. The van der Waals surface area contributed by atoms with Gasteiger partial charge in [-0.05, 0) is 31.8 Å². The van der Waals surface area contributed by atoms with Gasteiger partial charge in [0.15, 0.2) is 10.7 Å². The third-order valence-electron chi connectivity index (χ3n) is 5.98. The van der Waals surface area contributed by atoms with Crippen LogP contribution >= 0.6 is 0 Å². The first-order valence-corrected chi connectivity index (χ1v) is 11.8. The summed E-state index contributed by atoms with van der Waals surface area (Å²) in [5.74, 6) is 0.335. The second-order valence-corrected chi connectivity index (χ2v) is 10.3. The molecule has 2 fully saturated rings. The fraction of sp³-hybridized carbons (Fsp3) is 0.632. The zero-order valence-corrected chi connectivity index (χ0v) is 18.6. The quantitative estimate of drug-likeness (QED) is 0.652. The molecule has 0 amide bonds. The van der Waals surface area contributed by atoms with Crippen molar-refractivity contribution in [3.63, 3.8) is 0 Å². The molecule has 0 spiro atoms. The number of alkyl halides is 3. The third-order valence-corrected chi connectivity index (χ3v) is 7.70. The third kappa shape index (κ3) is 4.74. The first-order valence-electron chi connectivity index (χ1n) is 10.3. The molecule has 0 radical (unpaired) electrons. The molecule has 2 aliphatic rings. The minimum atomic E-state index is -4.63. The van der Waals surface area contributed by atoms with Crippen molar-refractivity contribution >= 4 is 10.0 Å². The summed E-state index contributed by atoms with van der Waals surface area (Å²) in [6.45, 7) is 3.84. The van der Waals surface area contributed by atoms with Crippen molar-refractivity contribution in [1.29, 1.82) is 0 Å². The molecule has 32 heavy (non-hydrogen) atoms. The average molecular weight is 475 g/mol. The molecule has 0 saturated carbocycles. The zero-order valence-electron chi connectivity index (χ0n) is 17.7. The number of halogens is 3. The number of aryl methyl sites for hydroxylation is 1. The maximum Gasteiger partial charge on any atom is 0.433 e. The van der Waals surface area contributed by atoms with Crippen LogP contribution in [0.4, 0.5) is 13.2 Å². The maximum atomic E-state index is 13.1. The Morgan fingerprint density at radius 1 is 1.12 bits per heavy atom. The Labute approximate surface area is 184 Å². The SMILES string of the molecule is CC1CCN([C@@H]2CN(S(=O)(=O)c3cn(C)cn3)C[C@H]2Oc2cc(C(F)(F)F)ncn2)CC1. The van der Waals surface area contributed by atoms with Crippen LogP contribution in [-0.4, -0.2) is 75.5 Å². The second kappa shape index (κ2) is 8.60. The first-order chi connectivity index (χ1) is 15.0. The minimum absolute atomic E-state index is 0.0129. The highest BCUT2D eigenvalue weighted by atomic mass is 32.2. The Hall–Kier alpha value is -2.25. The van der Waals surface area contributed by atoms with E-state index in [2.05, 4.69) is 26.8 Å². The first kappa shape index (κ1) is 22.9. The topological polar surface area (TPSA) is 93.5 Å². The van der Waals surface area contributed by atoms with Crippen LogP contribution in [0.1, 0.15) is 25.5 Å². The molecule has 4 rings (SSSR count). The van der Waals surface area contributed by atoms with Gasteiger partial charge in [-0.15, -0.1) is 0 Å². The highest BCUT2D eigenvalue weighted by Gasteiger charge is 2.45. The number of likely N-dealkylation sites (tertiary alicyclic amines) is 1. The van der Waals surface area contributed by atoms with Crippen molar-refractivity contribution in [2.75, 3.05) is 26.2 Å². The predicted octanol–water partition coefficient (Wildman–Crippen LogP) is 1.78. The van der Waals surface area contributed by atoms with Gasteiger partial charge in [0.2, 0.25) is 5.88 Å². The minimum Gasteiger partial charge on any atom is -0.471 e. The van der Waals surface area contributed by atoms with E-state index in [1.807, 2.05) is 0 Å². The predicted molar refractivity (Wildman–Crippen MR) is 107 cm³/mol. The van der Waals surface area contributed by atoms with E-state index in [4.69, 9.17) is 4.74 Å². The van der Waals surface area contributed by atoms with E-state index in [-0.39, 0.29) is 30.0 Å². The van der Waals surface area contributed by atoms with E-state index in [1.165, 1.54) is 16.8 Å². The molecule has 2 aliphatic heterocycles. The van der Waals surface area contributed by atoms with Gasteiger partial charge in [-0.3, -0.25) is 4.90 Å². The Balaban J connectivity index is 1.59. The number of hydrogen-bond acceptors (Lipinski definition) is 7. The van der Waals surface area contributed by atoms with Gasteiger partial charge in [-0.2, -0.15) is 17.5 Å². The van der Waals surface area contributed by atoms with Gasteiger partial charge < -0.3 is 9.30 Å². The lowest BCUT2D eigenvalue weighted by atomic mass is 9.97. The molecular formula is C19H25F3N6O3S. The van der Waals surface area contributed by atoms with E-state index in [1.54, 1.807) is 11.6 Å². The van der Waals surface area contributed by atoms with Gasteiger partial charge in [-0.25, -0.2) is 23.4 Å². The van der Waals surface area contributed by atoms with Gasteiger partial charge in [-0.1, -0.05) is 6.92 Å². The molecule has 13 heteroatoms. The average Bonchev–Trinajstić information content (AvgIpc) is 3.36. The summed E-state index contributed by atoms with van der Waals surface area (Å²) in [4.78, 5) is 13.2. The van der Waals surface area contributed by atoms with Crippen LogP contribution < -0.4 is 4.74 Å². The molecule has 0 N–H and O–H groups in total. The summed E-state index contributed by atoms with van der Waals surface area (Å²) in [5.41, 5.74) is -1.11. The number of piperidine rings is 1. The van der Waals surface area contributed by atoms with Gasteiger partial charge in [0.1, 0.15) is 12.4 Å². The summed E-state index contributed by atoms with van der Waals surface area (Å²) in [6, 6.07) is 0.427. The van der Waals surface area contributed by atoms with Crippen molar-refractivity contribution < 1.29 is 26.3 Å². The van der Waals surface area contributed by atoms with Crippen LogP contribution in [0.2, 0.25) is 0 Å². The van der Waals surface area contributed by atoms with Gasteiger partial charge >= 0.3 is 6.18 Å². The molecule has 9 nitrogen and oxygen atoms in total. The van der Waals surface area contributed by atoms with Crippen molar-refractivity contribution in [1.82, 2.24) is 28.7 Å². The molecule has 0 bridgehead atoms.